The Balaban J connectivity index is 1.53. The highest BCUT2D eigenvalue weighted by Crippen LogP contribution is 2.34. The van der Waals surface area contributed by atoms with Crippen LogP contribution in [0.4, 0.5) is 8.78 Å². The molecular formula is C25H22F2O8. The van der Waals surface area contributed by atoms with E-state index in [1.807, 2.05) is 0 Å². The molecule has 0 bridgehead atoms. The number of ketones is 2. The molecule has 2 heterocycles. The van der Waals surface area contributed by atoms with E-state index in [-0.39, 0.29) is 29.3 Å². The van der Waals surface area contributed by atoms with Crippen LogP contribution in [0.5, 0.6) is 0 Å². The molecule has 0 spiro atoms. The van der Waals surface area contributed by atoms with Crippen LogP contribution in [0.2, 0.25) is 0 Å². The number of rotatable bonds is 9. The third-order valence-corrected chi connectivity index (χ3v) is 5.31. The summed E-state index contributed by atoms with van der Waals surface area (Å²) in [7, 11) is 0. The van der Waals surface area contributed by atoms with Crippen molar-refractivity contribution in [1.82, 2.24) is 0 Å². The van der Waals surface area contributed by atoms with Crippen LogP contribution >= 0.6 is 0 Å². The average Bonchev–Trinajstić information content (AvgIpc) is 3.34. The summed E-state index contributed by atoms with van der Waals surface area (Å²) in [6.07, 6.45) is -1.83. The molecule has 1 saturated heterocycles. The molecule has 0 aliphatic carbocycles. The number of Topliss-reactive ketones (excluding diaryl/α,β-unsaturated/α-hetero) is 2. The number of carbonyl (C=O) groups is 3. The van der Waals surface area contributed by atoms with Gasteiger partial charge in [-0.2, -0.15) is 0 Å². The highest BCUT2D eigenvalue weighted by atomic mass is 19.1. The number of halogens is 2. The molecule has 0 saturated carbocycles. The molecule has 2 aromatic rings. The third-order valence-electron chi connectivity index (χ3n) is 5.31. The molecule has 2 aromatic carbocycles. The lowest BCUT2D eigenvalue weighted by Crippen LogP contribution is -2.33. The Kier molecular flexibility index (Phi) is 6.95. The molecule has 2 atom stereocenters. The van der Waals surface area contributed by atoms with Crippen molar-refractivity contribution in [2.24, 2.45) is 0 Å². The van der Waals surface area contributed by atoms with Gasteiger partial charge in [0.25, 0.3) is 0 Å². The smallest absolute Gasteiger partial charge is 0.378 e. The normalized spacial score (nSPS) is 21.1. The summed E-state index contributed by atoms with van der Waals surface area (Å²) >= 11 is 0. The van der Waals surface area contributed by atoms with Crippen LogP contribution in [0.3, 0.4) is 0 Å². The van der Waals surface area contributed by atoms with Gasteiger partial charge in [-0.05, 0) is 62.4 Å². The number of hydrogen-bond donors (Lipinski definition) is 0. The predicted molar refractivity (Wildman–Crippen MR) is 115 cm³/mol. The number of cyclic esters (lactones) is 1. The first-order valence-electron chi connectivity index (χ1n) is 10.7. The van der Waals surface area contributed by atoms with Crippen LogP contribution in [0.25, 0.3) is 0 Å². The van der Waals surface area contributed by atoms with Crippen LogP contribution in [-0.2, 0) is 28.5 Å². The van der Waals surface area contributed by atoms with E-state index in [0.717, 1.165) is 24.3 Å². The van der Waals surface area contributed by atoms with Gasteiger partial charge < -0.3 is 23.7 Å². The fourth-order valence-electron chi connectivity index (χ4n) is 3.56. The van der Waals surface area contributed by atoms with Gasteiger partial charge in [-0.25, -0.2) is 13.6 Å². The second-order valence-electron chi connectivity index (χ2n) is 8.32. The zero-order valence-electron chi connectivity index (χ0n) is 18.9. The lowest BCUT2D eigenvalue weighted by Gasteiger charge is -2.21. The van der Waals surface area contributed by atoms with Crippen molar-refractivity contribution in [2.75, 3.05) is 19.8 Å². The fraction of sp³-hybridized carbons (Fsp3) is 0.320. The maximum absolute atomic E-state index is 13.2. The van der Waals surface area contributed by atoms with Gasteiger partial charge in [0.1, 0.15) is 17.7 Å². The van der Waals surface area contributed by atoms with E-state index >= 15 is 0 Å². The third kappa shape index (κ3) is 5.72. The monoisotopic (exact) mass is 488 g/mol. The maximum Gasteiger partial charge on any atom is 0.378 e. The van der Waals surface area contributed by atoms with E-state index in [2.05, 4.69) is 0 Å². The van der Waals surface area contributed by atoms with Gasteiger partial charge in [0.15, 0.2) is 42.4 Å². The summed E-state index contributed by atoms with van der Waals surface area (Å²) < 4.78 is 54.1. The van der Waals surface area contributed by atoms with Gasteiger partial charge >= 0.3 is 5.97 Å². The lowest BCUT2D eigenvalue weighted by molar-refractivity contribution is -0.163. The topological polar surface area (TPSA) is 97.4 Å². The number of esters is 1. The summed E-state index contributed by atoms with van der Waals surface area (Å²) in [5.74, 6) is -4.35. The summed E-state index contributed by atoms with van der Waals surface area (Å²) in [5.41, 5.74) is 0.377. The molecular weight excluding hydrogens is 466 g/mol. The van der Waals surface area contributed by atoms with Gasteiger partial charge in [-0.15, -0.1) is 0 Å². The van der Waals surface area contributed by atoms with E-state index in [9.17, 15) is 23.2 Å². The van der Waals surface area contributed by atoms with Crippen molar-refractivity contribution >= 4 is 17.5 Å². The molecule has 2 aliphatic heterocycles. The highest BCUT2D eigenvalue weighted by Gasteiger charge is 2.48. The Morgan fingerprint density at radius 1 is 0.914 bits per heavy atom. The Labute approximate surface area is 199 Å². The van der Waals surface area contributed by atoms with Crippen molar-refractivity contribution < 1.29 is 46.8 Å². The Hall–Kier alpha value is -3.63. The van der Waals surface area contributed by atoms with Crippen molar-refractivity contribution in [3.8, 4) is 0 Å². The zero-order chi connectivity index (χ0) is 25.2. The number of ether oxygens (including phenoxy) is 5. The molecule has 184 valence electrons. The molecule has 0 N–H and O–H groups in total. The van der Waals surface area contributed by atoms with E-state index in [1.54, 1.807) is 13.8 Å². The summed E-state index contributed by atoms with van der Waals surface area (Å²) in [6.45, 7) is 2.38. The standard InChI is InChI=1S/C25H22F2O8/c1-25(2)33-13-20(35-25)21-22(31-11-18(28)14-3-7-16(26)8-4-14)23(24(30)34-21)32-12-19(29)15-5-9-17(27)10-6-15/h3-10,20-21H,11-13H2,1-2H3/t20-,21+/m0/s1. The number of carbonyl (C=O) groups excluding carboxylic acids is 3. The first kappa shape index (κ1) is 24.5. The second kappa shape index (κ2) is 9.93. The Morgan fingerprint density at radius 2 is 1.43 bits per heavy atom. The predicted octanol–water partition coefficient (Wildman–Crippen LogP) is 3.35. The molecule has 0 unspecified atom stereocenters. The minimum absolute atomic E-state index is 0.0749. The lowest BCUT2D eigenvalue weighted by atomic mass is 10.1. The molecule has 0 amide bonds. The van der Waals surface area contributed by atoms with Crippen molar-refractivity contribution in [2.45, 2.75) is 31.8 Å². The molecule has 10 heteroatoms. The highest BCUT2D eigenvalue weighted by molar-refractivity contribution is 5.98. The van der Waals surface area contributed by atoms with Gasteiger partial charge in [0.05, 0.1) is 6.61 Å². The molecule has 1 fully saturated rings. The van der Waals surface area contributed by atoms with E-state index < -0.39 is 60.4 Å². The van der Waals surface area contributed by atoms with Crippen molar-refractivity contribution in [3.05, 3.63) is 82.8 Å². The minimum atomic E-state index is -1.08. The average molecular weight is 488 g/mol. The first-order valence-corrected chi connectivity index (χ1v) is 10.7. The van der Waals surface area contributed by atoms with Crippen LogP contribution in [0.15, 0.2) is 60.0 Å². The van der Waals surface area contributed by atoms with Crippen molar-refractivity contribution in [3.63, 3.8) is 0 Å². The maximum atomic E-state index is 13.2. The van der Waals surface area contributed by atoms with Gasteiger partial charge in [0.2, 0.25) is 5.76 Å². The summed E-state index contributed by atoms with van der Waals surface area (Å²) in [5, 5.41) is 0. The SMILES string of the molecule is CC1(C)OC[C@@H]([C@H]2OC(=O)C(OCC(=O)c3ccc(F)cc3)=C2OCC(=O)c2ccc(F)cc2)O1. The van der Waals surface area contributed by atoms with Crippen LogP contribution in [0.1, 0.15) is 34.6 Å². The minimum Gasteiger partial charge on any atom is -0.482 e. The second-order valence-corrected chi connectivity index (χ2v) is 8.32. The Morgan fingerprint density at radius 3 is 1.91 bits per heavy atom. The van der Waals surface area contributed by atoms with Gasteiger partial charge in [-0.1, -0.05) is 0 Å². The molecule has 35 heavy (non-hydrogen) atoms. The van der Waals surface area contributed by atoms with Crippen LogP contribution in [-0.4, -0.2) is 55.4 Å². The molecule has 0 aromatic heterocycles. The fourth-order valence-corrected chi connectivity index (χ4v) is 3.56. The van der Waals surface area contributed by atoms with E-state index in [1.165, 1.54) is 24.3 Å². The molecule has 4 rings (SSSR count). The zero-order valence-corrected chi connectivity index (χ0v) is 18.9. The number of hydrogen-bond acceptors (Lipinski definition) is 8. The quantitative estimate of drug-likeness (QED) is 0.392. The van der Waals surface area contributed by atoms with Crippen LogP contribution in [0, 0.1) is 11.6 Å². The first-order chi connectivity index (χ1) is 16.6. The van der Waals surface area contributed by atoms with E-state index in [4.69, 9.17) is 23.7 Å². The summed E-state index contributed by atoms with van der Waals surface area (Å²) in [4.78, 5) is 37.6. The largest absolute Gasteiger partial charge is 0.482 e. The Bertz CT molecular complexity index is 1150. The van der Waals surface area contributed by atoms with E-state index in [0.29, 0.717) is 0 Å². The van der Waals surface area contributed by atoms with Gasteiger partial charge in [0, 0.05) is 11.1 Å². The molecule has 8 nitrogen and oxygen atoms in total. The molecule has 2 aliphatic rings. The molecule has 0 radical (unpaired) electrons. The van der Waals surface area contributed by atoms with Crippen molar-refractivity contribution in [1.29, 1.82) is 0 Å². The van der Waals surface area contributed by atoms with Crippen LogP contribution < -0.4 is 0 Å². The summed E-state index contributed by atoms with van der Waals surface area (Å²) in [6, 6.07) is 9.71. The number of benzene rings is 2. The van der Waals surface area contributed by atoms with Gasteiger partial charge in [-0.3, -0.25) is 9.59 Å².